The van der Waals surface area contributed by atoms with Crippen LogP contribution in [-0.4, -0.2) is 39.3 Å². The molecule has 3 heterocycles. The number of piperidine rings is 1. The van der Waals surface area contributed by atoms with Crippen molar-refractivity contribution in [2.75, 3.05) is 13.1 Å². The van der Waals surface area contributed by atoms with Gasteiger partial charge in [0.1, 0.15) is 0 Å². The molecular weight excluding hydrogens is 310 g/mol. The van der Waals surface area contributed by atoms with E-state index in [4.69, 9.17) is 4.52 Å². The number of fused-ring (bicyclic) bond motifs is 1. The molecule has 1 saturated heterocycles. The lowest BCUT2D eigenvalue weighted by Gasteiger charge is -2.32. The van der Waals surface area contributed by atoms with Crippen LogP contribution in [0.15, 0.2) is 33.7 Å². The lowest BCUT2D eigenvalue weighted by atomic mass is 9.97. The summed E-state index contributed by atoms with van der Waals surface area (Å²) >= 11 is 1.70. The summed E-state index contributed by atoms with van der Waals surface area (Å²) < 4.78 is 5.09. The molecule has 2 atom stereocenters. The minimum absolute atomic E-state index is 0.0122. The Bertz CT molecular complexity index is 705. The minimum Gasteiger partial charge on any atom is -0.341 e. The van der Waals surface area contributed by atoms with Crippen molar-refractivity contribution in [3.63, 3.8) is 0 Å². The van der Waals surface area contributed by atoms with E-state index in [0.717, 1.165) is 31.6 Å². The first-order valence-corrected chi connectivity index (χ1v) is 8.92. The van der Waals surface area contributed by atoms with Gasteiger partial charge < -0.3 is 9.42 Å². The number of rotatable bonds is 2. The van der Waals surface area contributed by atoms with Crippen molar-refractivity contribution in [1.82, 2.24) is 15.0 Å². The number of benzene rings is 1. The van der Waals surface area contributed by atoms with Crippen LogP contribution in [0.2, 0.25) is 0 Å². The number of amides is 1. The number of thioether (sulfide) groups is 1. The molecule has 0 radical (unpaired) electrons. The molecule has 0 aliphatic carbocycles. The molecule has 0 unspecified atom stereocenters. The average molecular weight is 329 g/mol. The van der Waals surface area contributed by atoms with Gasteiger partial charge in [0.25, 0.3) is 0 Å². The summed E-state index contributed by atoms with van der Waals surface area (Å²) in [6.07, 6.45) is 2.84. The van der Waals surface area contributed by atoms with Crippen LogP contribution in [0.3, 0.4) is 0 Å². The molecular formula is C17H19N3O2S. The highest BCUT2D eigenvalue weighted by Gasteiger charge is 2.34. The molecule has 120 valence electrons. The van der Waals surface area contributed by atoms with Crippen molar-refractivity contribution >= 4 is 17.7 Å². The summed E-state index contributed by atoms with van der Waals surface area (Å²) in [5.41, 5.74) is 1.29. The molecule has 1 amide bonds. The molecule has 1 aromatic heterocycles. The van der Waals surface area contributed by atoms with Gasteiger partial charge in [-0.05, 0) is 30.9 Å². The molecule has 23 heavy (non-hydrogen) atoms. The van der Waals surface area contributed by atoms with Gasteiger partial charge in [-0.15, -0.1) is 11.8 Å². The van der Waals surface area contributed by atoms with Gasteiger partial charge in [0.15, 0.2) is 5.82 Å². The Morgan fingerprint density at radius 3 is 3.04 bits per heavy atom. The van der Waals surface area contributed by atoms with Crippen molar-refractivity contribution < 1.29 is 9.32 Å². The van der Waals surface area contributed by atoms with E-state index in [1.54, 1.807) is 18.7 Å². The SMILES string of the molecule is Cc1nc([C@@H]2CCCN(C(=O)[C@H]3Cc4ccccc4S3)C2)no1. The van der Waals surface area contributed by atoms with Crippen LogP contribution in [0, 0.1) is 6.92 Å². The fraction of sp³-hybridized carbons (Fsp3) is 0.471. The van der Waals surface area contributed by atoms with Gasteiger partial charge in [-0.1, -0.05) is 23.4 Å². The van der Waals surface area contributed by atoms with Gasteiger partial charge in [-0.2, -0.15) is 4.98 Å². The van der Waals surface area contributed by atoms with E-state index in [9.17, 15) is 4.79 Å². The van der Waals surface area contributed by atoms with Gasteiger partial charge in [-0.25, -0.2) is 0 Å². The summed E-state index contributed by atoms with van der Waals surface area (Å²) in [4.78, 5) is 20.5. The third-order valence-electron chi connectivity index (χ3n) is 4.56. The van der Waals surface area contributed by atoms with E-state index in [1.807, 2.05) is 17.0 Å². The van der Waals surface area contributed by atoms with Gasteiger partial charge in [0, 0.05) is 30.8 Å². The third kappa shape index (κ3) is 2.87. The minimum atomic E-state index is 0.0122. The molecule has 0 saturated carbocycles. The van der Waals surface area contributed by atoms with Gasteiger partial charge in [-0.3, -0.25) is 4.79 Å². The highest BCUT2D eigenvalue weighted by atomic mass is 32.2. The van der Waals surface area contributed by atoms with E-state index in [1.165, 1.54) is 10.5 Å². The van der Waals surface area contributed by atoms with Crippen molar-refractivity contribution in [3.8, 4) is 0 Å². The fourth-order valence-corrected chi connectivity index (χ4v) is 4.67. The standard InChI is InChI=1S/C17H19N3O2S/c1-11-18-16(19-22-11)13-6-4-8-20(10-13)17(21)15-9-12-5-2-3-7-14(12)23-15/h2-3,5,7,13,15H,4,6,8-10H2,1H3/t13-,15-/m1/s1. The van der Waals surface area contributed by atoms with E-state index in [2.05, 4.69) is 22.3 Å². The van der Waals surface area contributed by atoms with E-state index < -0.39 is 0 Å². The molecule has 2 aromatic rings. The zero-order chi connectivity index (χ0) is 15.8. The Labute approximate surface area is 139 Å². The Balaban J connectivity index is 1.45. The number of carbonyl (C=O) groups excluding carboxylic acids is 1. The predicted octanol–water partition coefficient (Wildman–Crippen LogP) is 2.80. The van der Waals surface area contributed by atoms with E-state index >= 15 is 0 Å². The van der Waals surface area contributed by atoms with Crippen LogP contribution in [-0.2, 0) is 11.2 Å². The molecule has 1 aromatic carbocycles. The summed E-state index contributed by atoms with van der Waals surface area (Å²) in [6.45, 7) is 3.33. The molecule has 4 rings (SSSR count). The number of carbonyl (C=O) groups is 1. The Hall–Kier alpha value is -1.82. The van der Waals surface area contributed by atoms with Crippen LogP contribution in [0.4, 0.5) is 0 Å². The van der Waals surface area contributed by atoms with E-state index in [-0.39, 0.29) is 17.1 Å². The maximum absolute atomic E-state index is 12.9. The second kappa shape index (κ2) is 6.00. The van der Waals surface area contributed by atoms with Crippen molar-refractivity contribution in [2.24, 2.45) is 0 Å². The maximum atomic E-state index is 12.9. The third-order valence-corrected chi connectivity index (χ3v) is 5.87. The van der Waals surface area contributed by atoms with Crippen molar-refractivity contribution in [1.29, 1.82) is 0 Å². The molecule has 1 fully saturated rings. The smallest absolute Gasteiger partial charge is 0.236 e. The van der Waals surface area contributed by atoms with Gasteiger partial charge in [0.2, 0.25) is 11.8 Å². The Morgan fingerprint density at radius 1 is 1.39 bits per heavy atom. The van der Waals surface area contributed by atoms with Crippen molar-refractivity contribution in [2.45, 2.75) is 42.2 Å². The Morgan fingerprint density at radius 2 is 2.26 bits per heavy atom. The van der Waals surface area contributed by atoms with Crippen LogP contribution in [0.5, 0.6) is 0 Å². The molecule has 6 heteroatoms. The largest absolute Gasteiger partial charge is 0.341 e. The number of likely N-dealkylation sites (tertiary alicyclic amines) is 1. The topological polar surface area (TPSA) is 59.2 Å². The zero-order valence-corrected chi connectivity index (χ0v) is 13.9. The van der Waals surface area contributed by atoms with Crippen LogP contribution in [0.25, 0.3) is 0 Å². The first-order valence-electron chi connectivity index (χ1n) is 8.04. The number of hydrogen-bond acceptors (Lipinski definition) is 5. The first-order chi connectivity index (χ1) is 11.2. The molecule has 0 bridgehead atoms. The number of hydrogen-bond donors (Lipinski definition) is 0. The van der Waals surface area contributed by atoms with Crippen LogP contribution < -0.4 is 0 Å². The van der Waals surface area contributed by atoms with Crippen LogP contribution >= 0.6 is 11.8 Å². The monoisotopic (exact) mass is 329 g/mol. The van der Waals surface area contributed by atoms with Gasteiger partial charge in [0.05, 0.1) is 5.25 Å². The molecule has 0 spiro atoms. The molecule has 2 aliphatic rings. The first kappa shape index (κ1) is 14.8. The predicted molar refractivity (Wildman–Crippen MR) is 87.4 cm³/mol. The quantitative estimate of drug-likeness (QED) is 0.848. The highest BCUT2D eigenvalue weighted by molar-refractivity contribution is 8.01. The molecule has 0 N–H and O–H groups in total. The lowest BCUT2D eigenvalue weighted by molar-refractivity contribution is -0.131. The Kier molecular flexibility index (Phi) is 3.85. The second-order valence-electron chi connectivity index (χ2n) is 6.21. The maximum Gasteiger partial charge on any atom is 0.236 e. The summed E-state index contributed by atoms with van der Waals surface area (Å²) in [6, 6.07) is 8.31. The summed E-state index contributed by atoms with van der Waals surface area (Å²) in [5, 5.41) is 4.05. The fourth-order valence-electron chi connectivity index (χ4n) is 3.39. The summed E-state index contributed by atoms with van der Waals surface area (Å²) in [5.74, 6) is 1.77. The second-order valence-corrected chi connectivity index (χ2v) is 7.46. The summed E-state index contributed by atoms with van der Waals surface area (Å²) in [7, 11) is 0. The van der Waals surface area contributed by atoms with E-state index in [0.29, 0.717) is 12.4 Å². The number of aromatic nitrogens is 2. The normalized spacial score (nSPS) is 23.8. The zero-order valence-electron chi connectivity index (χ0n) is 13.1. The van der Waals surface area contributed by atoms with Crippen molar-refractivity contribution in [3.05, 3.63) is 41.5 Å². The number of nitrogens with zero attached hydrogens (tertiary/aromatic N) is 3. The average Bonchev–Trinajstić information content (AvgIpc) is 3.20. The molecule has 2 aliphatic heterocycles. The molecule has 5 nitrogen and oxygen atoms in total. The highest BCUT2D eigenvalue weighted by Crippen LogP contribution is 2.38. The van der Waals surface area contributed by atoms with Crippen LogP contribution in [0.1, 0.15) is 36.0 Å². The lowest BCUT2D eigenvalue weighted by Crippen LogP contribution is -2.43. The number of aryl methyl sites for hydroxylation is 1. The van der Waals surface area contributed by atoms with Gasteiger partial charge >= 0.3 is 0 Å².